The van der Waals surface area contributed by atoms with Crippen LogP contribution in [0.25, 0.3) is 0 Å². The molecular weight excluding hydrogens is 254 g/mol. The van der Waals surface area contributed by atoms with Gasteiger partial charge >= 0.3 is 11.7 Å². The molecule has 0 unspecified atom stereocenters. The molecule has 0 aromatic carbocycles. The van der Waals surface area contributed by atoms with Crippen LogP contribution < -0.4 is 4.73 Å². The van der Waals surface area contributed by atoms with E-state index in [0.717, 1.165) is 24.3 Å². The molecule has 4 nitrogen and oxygen atoms in total. The van der Waals surface area contributed by atoms with Crippen molar-refractivity contribution in [3.8, 4) is 0 Å². The molecule has 1 atom stereocenters. The third kappa shape index (κ3) is 2.51. The topological polar surface area (TPSA) is 53.2 Å². The fourth-order valence-corrected chi connectivity index (χ4v) is 3.27. The summed E-state index contributed by atoms with van der Waals surface area (Å²) in [5.41, 5.74) is 2.32. The van der Waals surface area contributed by atoms with Crippen LogP contribution in [0.5, 0.6) is 0 Å². The van der Waals surface area contributed by atoms with Gasteiger partial charge in [-0.3, -0.25) is 0 Å². The van der Waals surface area contributed by atoms with E-state index in [0.29, 0.717) is 17.3 Å². The molecule has 0 aliphatic heterocycles. The number of rotatable bonds is 5. The molecule has 1 fully saturated rings. The summed E-state index contributed by atoms with van der Waals surface area (Å²) in [6.07, 6.45) is 8.56. The molecule has 2 aliphatic carbocycles. The zero-order valence-corrected chi connectivity index (χ0v) is 11.9. The summed E-state index contributed by atoms with van der Waals surface area (Å²) in [6, 6.07) is 1.90. The molecular formula is C16H21NO3. The Hall–Kier alpha value is -1.58. The molecule has 0 N–H and O–H groups in total. The van der Waals surface area contributed by atoms with E-state index >= 15 is 0 Å². The van der Waals surface area contributed by atoms with Crippen molar-refractivity contribution in [2.75, 3.05) is 6.61 Å². The van der Waals surface area contributed by atoms with Gasteiger partial charge in [-0.05, 0) is 50.0 Å². The molecule has 1 heterocycles. The summed E-state index contributed by atoms with van der Waals surface area (Å²) in [7, 11) is 0. The minimum absolute atomic E-state index is 0.207. The van der Waals surface area contributed by atoms with Gasteiger partial charge in [0.2, 0.25) is 0 Å². The molecule has 4 heteroatoms. The van der Waals surface area contributed by atoms with E-state index in [1.807, 2.05) is 6.07 Å². The van der Waals surface area contributed by atoms with Gasteiger partial charge in [0, 0.05) is 11.6 Å². The number of pyridine rings is 1. The zero-order chi connectivity index (χ0) is 14.1. The maximum atomic E-state index is 12.0. The van der Waals surface area contributed by atoms with E-state index < -0.39 is 5.97 Å². The van der Waals surface area contributed by atoms with Gasteiger partial charge < -0.3 is 9.94 Å². The highest BCUT2D eigenvalue weighted by Crippen LogP contribution is 2.41. The smallest absolute Gasteiger partial charge is 0.405 e. The number of hydrogen-bond donors (Lipinski definition) is 0. The second-order valence-corrected chi connectivity index (χ2v) is 5.90. The first-order valence-corrected chi connectivity index (χ1v) is 7.62. The summed E-state index contributed by atoms with van der Waals surface area (Å²) in [6.45, 7) is 2.06. The lowest BCUT2D eigenvalue weighted by atomic mass is 9.95. The summed E-state index contributed by atoms with van der Waals surface area (Å²) >= 11 is 0. The number of hydrogen-bond acceptors (Lipinski definition) is 3. The van der Waals surface area contributed by atoms with Crippen molar-refractivity contribution in [2.24, 2.45) is 5.92 Å². The second-order valence-electron chi connectivity index (χ2n) is 5.90. The first-order valence-electron chi connectivity index (χ1n) is 7.62. The summed E-state index contributed by atoms with van der Waals surface area (Å²) in [5.74, 6) is 0.957. The Labute approximate surface area is 119 Å². The van der Waals surface area contributed by atoms with Crippen LogP contribution >= 0.6 is 0 Å². The molecule has 0 radical (unpaired) electrons. The number of aromatic nitrogens is 1. The SMILES string of the molecule is CCOC(=O)c1c2c(cc[n+]1[O-])[C@@H](CCC1CC1)CC2. The Morgan fingerprint density at radius 1 is 1.40 bits per heavy atom. The van der Waals surface area contributed by atoms with Crippen LogP contribution in [0.15, 0.2) is 12.3 Å². The van der Waals surface area contributed by atoms with Gasteiger partial charge in [0.25, 0.3) is 0 Å². The molecule has 0 spiro atoms. The minimum atomic E-state index is -0.484. The van der Waals surface area contributed by atoms with Crippen LogP contribution in [-0.2, 0) is 11.2 Å². The number of ether oxygens (including phenoxy) is 1. The maximum absolute atomic E-state index is 12.0. The van der Waals surface area contributed by atoms with Crippen molar-refractivity contribution in [1.82, 2.24) is 0 Å². The Bertz CT molecular complexity index is 523. The molecule has 1 aromatic heterocycles. The predicted molar refractivity (Wildman–Crippen MR) is 74.4 cm³/mol. The molecule has 0 bridgehead atoms. The highest BCUT2D eigenvalue weighted by molar-refractivity contribution is 5.88. The molecule has 108 valence electrons. The maximum Gasteiger partial charge on any atom is 0.405 e. The van der Waals surface area contributed by atoms with Crippen molar-refractivity contribution < 1.29 is 14.3 Å². The fourth-order valence-electron chi connectivity index (χ4n) is 3.27. The highest BCUT2D eigenvalue weighted by Gasteiger charge is 2.34. The molecule has 0 amide bonds. The van der Waals surface area contributed by atoms with Crippen molar-refractivity contribution in [3.63, 3.8) is 0 Å². The van der Waals surface area contributed by atoms with Crippen LogP contribution in [0.3, 0.4) is 0 Å². The third-order valence-corrected chi connectivity index (χ3v) is 4.52. The van der Waals surface area contributed by atoms with Crippen molar-refractivity contribution in [1.29, 1.82) is 0 Å². The van der Waals surface area contributed by atoms with Gasteiger partial charge in [0.1, 0.15) is 0 Å². The van der Waals surface area contributed by atoms with E-state index in [-0.39, 0.29) is 5.69 Å². The highest BCUT2D eigenvalue weighted by atomic mass is 16.5. The summed E-state index contributed by atoms with van der Waals surface area (Å²) in [4.78, 5) is 12.0. The third-order valence-electron chi connectivity index (χ3n) is 4.52. The number of fused-ring (bicyclic) bond motifs is 1. The van der Waals surface area contributed by atoms with Crippen molar-refractivity contribution >= 4 is 5.97 Å². The lowest BCUT2D eigenvalue weighted by molar-refractivity contribution is -0.608. The van der Waals surface area contributed by atoms with Crippen LogP contribution in [0.4, 0.5) is 0 Å². The van der Waals surface area contributed by atoms with Crippen LogP contribution in [-0.4, -0.2) is 12.6 Å². The van der Waals surface area contributed by atoms with Gasteiger partial charge in [0.05, 0.1) is 6.61 Å². The molecule has 20 heavy (non-hydrogen) atoms. The number of nitrogens with zero attached hydrogens (tertiary/aromatic N) is 1. The van der Waals surface area contributed by atoms with E-state index in [1.54, 1.807) is 6.92 Å². The van der Waals surface area contributed by atoms with E-state index in [1.165, 1.54) is 37.4 Å². The Morgan fingerprint density at radius 2 is 2.20 bits per heavy atom. The lowest BCUT2D eigenvalue weighted by Crippen LogP contribution is -2.36. The standard InChI is InChI=1S/C16H21NO3/c1-2-20-16(18)15-14-8-7-12(6-5-11-3-4-11)13(14)9-10-17(15)19/h9-12H,2-8H2,1H3/t12-/m0/s1. The number of carbonyl (C=O) groups excluding carboxylic acids is 1. The monoisotopic (exact) mass is 275 g/mol. The van der Waals surface area contributed by atoms with E-state index in [9.17, 15) is 10.0 Å². The lowest BCUT2D eigenvalue weighted by Gasteiger charge is -2.12. The molecule has 2 aliphatic rings. The second kappa shape index (κ2) is 5.43. The summed E-state index contributed by atoms with van der Waals surface area (Å²) in [5, 5.41) is 11.9. The Balaban J connectivity index is 1.83. The number of carbonyl (C=O) groups is 1. The average Bonchev–Trinajstić information content (AvgIpc) is 3.17. The van der Waals surface area contributed by atoms with Crippen LogP contribution in [0, 0.1) is 11.1 Å². The van der Waals surface area contributed by atoms with Gasteiger partial charge in [-0.25, -0.2) is 4.79 Å². The minimum Gasteiger partial charge on any atom is -0.618 e. The van der Waals surface area contributed by atoms with Crippen molar-refractivity contribution in [2.45, 2.75) is 51.4 Å². The van der Waals surface area contributed by atoms with Gasteiger partial charge in [0.15, 0.2) is 6.20 Å². The van der Waals surface area contributed by atoms with Gasteiger partial charge in [-0.15, -0.1) is 0 Å². The quantitative estimate of drug-likeness (QED) is 0.471. The summed E-state index contributed by atoms with van der Waals surface area (Å²) < 4.78 is 5.68. The molecule has 1 saturated carbocycles. The number of esters is 1. The normalized spacial score (nSPS) is 20.8. The zero-order valence-electron chi connectivity index (χ0n) is 11.9. The van der Waals surface area contributed by atoms with E-state index in [4.69, 9.17) is 4.74 Å². The largest absolute Gasteiger partial charge is 0.618 e. The Kier molecular flexibility index (Phi) is 3.64. The Morgan fingerprint density at radius 3 is 2.90 bits per heavy atom. The van der Waals surface area contributed by atoms with Crippen molar-refractivity contribution in [3.05, 3.63) is 34.3 Å². The predicted octanol–water partition coefficient (Wildman–Crippen LogP) is 2.72. The van der Waals surface area contributed by atoms with Crippen LogP contribution in [0.2, 0.25) is 0 Å². The molecule has 3 rings (SSSR count). The van der Waals surface area contributed by atoms with E-state index in [2.05, 4.69) is 0 Å². The van der Waals surface area contributed by atoms with Gasteiger partial charge in [-0.1, -0.05) is 12.8 Å². The van der Waals surface area contributed by atoms with Crippen LogP contribution in [0.1, 0.15) is 66.6 Å². The fraction of sp³-hybridized carbons (Fsp3) is 0.625. The first kappa shape index (κ1) is 13.4. The molecule has 1 aromatic rings. The first-order chi connectivity index (χ1) is 9.70. The van der Waals surface area contributed by atoms with Gasteiger partial charge in [-0.2, -0.15) is 4.73 Å². The molecule has 0 saturated heterocycles. The average molecular weight is 275 g/mol.